The van der Waals surface area contributed by atoms with E-state index in [1.165, 1.54) is 0 Å². The zero-order valence-corrected chi connectivity index (χ0v) is 13.1. The second-order valence-corrected chi connectivity index (χ2v) is 5.85. The summed E-state index contributed by atoms with van der Waals surface area (Å²) in [6.45, 7) is 0. The van der Waals surface area contributed by atoms with Crippen LogP contribution in [0.25, 0.3) is 33.5 Å². The van der Waals surface area contributed by atoms with E-state index in [1.807, 2.05) is 36.5 Å². The number of fused-ring (bicyclic) bond motifs is 1. The number of hydrogen-bond acceptors (Lipinski definition) is 3. The highest BCUT2D eigenvalue weighted by atomic mass is 79.9. The van der Waals surface area contributed by atoms with Crippen molar-refractivity contribution >= 4 is 27.0 Å². The molecule has 2 heterocycles. The van der Waals surface area contributed by atoms with E-state index in [4.69, 9.17) is 0 Å². The van der Waals surface area contributed by atoms with E-state index < -0.39 is 0 Å². The predicted molar refractivity (Wildman–Crippen MR) is 90.3 cm³/mol. The van der Waals surface area contributed by atoms with E-state index in [0.717, 1.165) is 38.0 Å². The molecule has 0 amide bonds. The lowest BCUT2D eigenvalue weighted by atomic mass is 10.1. The summed E-state index contributed by atoms with van der Waals surface area (Å²) < 4.78 is 1.01. The topological polar surface area (TPSA) is 54.5 Å². The van der Waals surface area contributed by atoms with Crippen molar-refractivity contribution in [2.24, 2.45) is 0 Å². The quantitative estimate of drug-likeness (QED) is 0.581. The number of imidazole rings is 1. The maximum atomic E-state index is 4.68. The van der Waals surface area contributed by atoms with Crippen molar-refractivity contribution in [1.82, 2.24) is 19.9 Å². The molecule has 106 valence electrons. The number of hydrogen-bond donors (Lipinski definition) is 1. The summed E-state index contributed by atoms with van der Waals surface area (Å²) in [5.74, 6) is 0. The third kappa shape index (κ3) is 2.40. The third-order valence-electron chi connectivity index (χ3n) is 3.49. The molecule has 0 bridgehead atoms. The van der Waals surface area contributed by atoms with Crippen LogP contribution in [0.5, 0.6) is 0 Å². The standard InChI is InChI=1S/C17H11BrN4/c18-13-5-6-14-15(7-13)20-9-17(22-14)12-3-1-11(2-4-12)16-8-19-10-21-16/h1-10H,(H,19,21). The Labute approximate surface area is 135 Å². The monoisotopic (exact) mass is 350 g/mol. The van der Waals surface area contributed by atoms with Gasteiger partial charge in [0, 0.05) is 10.0 Å². The first-order valence-corrected chi connectivity index (χ1v) is 7.60. The SMILES string of the molecule is Brc1ccc2nc(-c3ccc(-c4cnc[nH]4)cc3)cnc2c1. The van der Waals surface area contributed by atoms with Crippen molar-refractivity contribution in [2.75, 3.05) is 0 Å². The molecule has 0 saturated carbocycles. The van der Waals surface area contributed by atoms with Gasteiger partial charge in [-0.25, -0.2) is 9.97 Å². The van der Waals surface area contributed by atoms with Gasteiger partial charge in [-0.3, -0.25) is 4.98 Å². The Hall–Kier alpha value is -2.53. The van der Waals surface area contributed by atoms with Crippen LogP contribution >= 0.6 is 15.9 Å². The minimum atomic E-state index is 0.867. The van der Waals surface area contributed by atoms with E-state index in [9.17, 15) is 0 Å². The average molecular weight is 351 g/mol. The summed E-state index contributed by atoms with van der Waals surface area (Å²) in [4.78, 5) is 16.3. The number of nitrogens with one attached hydrogen (secondary N) is 1. The number of H-pyrrole nitrogens is 1. The Morgan fingerprint density at radius 2 is 1.68 bits per heavy atom. The van der Waals surface area contributed by atoms with Gasteiger partial charge in [-0.15, -0.1) is 0 Å². The van der Waals surface area contributed by atoms with Gasteiger partial charge in [0.15, 0.2) is 0 Å². The fourth-order valence-corrected chi connectivity index (χ4v) is 2.71. The molecule has 0 saturated heterocycles. The van der Waals surface area contributed by atoms with Crippen LogP contribution in [0, 0.1) is 0 Å². The Bertz CT molecular complexity index is 931. The molecule has 4 rings (SSSR count). The lowest BCUT2D eigenvalue weighted by Crippen LogP contribution is -1.89. The van der Waals surface area contributed by atoms with Crippen LogP contribution in [0.4, 0.5) is 0 Å². The van der Waals surface area contributed by atoms with E-state index in [-0.39, 0.29) is 0 Å². The van der Waals surface area contributed by atoms with Gasteiger partial charge in [0.1, 0.15) is 0 Å². The molecule has 0 fully saturated rings. The molecule has 0 aliphatic heterocycles. The normalized spacial score (nSPS) is 11.0. The van der Waals surface area contributed by atoms with Gasteiger partial charge in [0.2, 0.25) is 0 Å². The van der Waals surface area contributed by atoms with Gasteiger partial charge < -0.3 is 4.98 Å². The van der Waals surface area contributed by atoms with Crippen molar-refractivity contribution in [3.8, 4) is 22.5 Å². The first kappa shape index (κ1) is 13.2. The third-order valence-corrected chi connectivity index (χ3v) is 3.99. The zero-order valence-electron chi connectivity index (χ0n) is 11.5. The van der Waals surface area contributed by atoms with E-state index in [1.54, 1.807) is 12.5 Å². The zero-order chi connectivity index (χ0) is 14.9. The molecule has 0 unspecified atom stereocenters. The number of aromatic nitrogens is 4. The van der Waals surface area contributed by atoms with Crippen LogP contribution in [0.2, 0.25) is 0 Å². The van der Waals surface area contributed by atoms with Gasteiger partial charge in [-0.2, -0.15) is 0 Å². The number of nitrogens with zero attached hydrogens (tertiary/aromatic N) is 3. The van der Waals surface area contributed by atoms with E-state index >= 15 is 0 Å². The number of benzene rings is 2. The van der Waals surface area contributed by atoms with Gasteiger partial charge in [0.25, 0.3) is 0 Å². The summed E-state index contributed by atoms with van der Waals surface area (Å²) in [6.07, 6.45) is 5.29. The van der Waals surface area contributed by atoms with E-state index in [2.05, 4.69) is 48.0 Å². The molecule has 5 heteroatoms. The summed E-state index contributed by atoms with van der Waals surface area (Å²) >= 11 is 3.45. The highest BCUT2D eigenvalue weighted by molar-refractivity contribution is 9.10. The second-order valence-electron chi connectivity index (χ2n) is 4.93. The fraction of sp³-hybridized carbons (Fsp3) is 0. The molecule has 0 spiro atoms. The Morgan fingerprint density at radius 3 is 2.45 bits per heavy atom. The summed E-state index contributed by atoms with van der Waals surface area (Å²) in [7, 11) is 0. The minimum absolute atomic E-state index is 0.867. The maximum absolute atomic E-state index is 4.68. The molecule has 4 nitrogen and oxygen atoms in total. The Balaban J connectivity index is 1.73. The van der Waals surface area contributed by atoms with Crippen molar-refractivity contribution in [3.63, 3.8) is 0 Å². The highest BCUT2D eigenvalue weighted by Gasteiger charge is 2.05. The molecule has 0 atom stereocenters. The lowest BCUT2D eigenvalue weighted by molar-refractivity contribution is 1.29. The molecular weight excluding hydrogens is 340 g/mol. The van der Waals surface area contributed by atoms with E-state index in [0.29, 0.717) is 0 Å². The van der Waals surface area contributed by atoms with Crippen LogP contribution in [0.15, 0.2) is 65.7 Å². The van der Waals surface area contributed by atoms with Crippen LogP contribution in [0.3, 0.4) is 0 Å². The summed E-state index contributed by atoms with van der Waals surface area (Å²) in [6, 6.07) is 14.1. The molecule has 2 aromatic carbocycles. The largest absolute Gasteiger partial charge is 0.345 e. The van der Waals surface area contributed by atoms with Gasteiger partial charge >= 0.3 is 0 Å². The van der Waals surface area contributed by atoms with Crippen molar-refractivity contribution in [3.05, 3.63) is 65.7 Å². The highest BCUT2D eigenvalue weighted by Crippen LogP contribution is 2.24. The number of rotatable bonds is 2. The number of halogens is 1. The Morgan fingerprint density at radius 1 is 0.864 bits per heavy atom. The predicted octanol–water partition coefficient (Wildman–Crippen LogP) is 4.45. The maximum Gasteiger partial charge on any atom is 0.0924 e. The fourth-order valence-electron chi connectivity index (χ4n) is 2.36. The molecule has 0 radical (unpaired) electrons. The summed E-state index contributed by atoms with van der Waals surface area (Å²) in [5.41, 5.74) is 5.78. The van der Waals surface area contributed by atoms with Gasteiger partial charge in [-0.05, 0) is 23.8 Å². The van der Waals surface area contributed by atoms with Crippen LogP contribution in [0.1, 0.15) is 0 Å². The molecule has 4 aromatic rings. The first-order chi connectivity index (χ1) is 10.8. The molecule has 0 aliphatic carbocycles. The van der Waals surface area contributed by atoms with Crippen molar-refractivity contribution in [1.29, 1.82) is 0 Å². The molecule has 0 aliphatic rings. The molecular formula is C17H11BrN4. The molecule has 22 heavy (non-hydrogen) atoms. The molecule has 2 aromatic heterocycles. The van der Waals surface area contributed by atoms with Gasteiger partial charge in [-0.1, -0.05) is 40.2 Å². The first-order valence-electron chi connectivity index (χ1n) is 6.81. The van der Waals surface area contributed by atoms with Crippen LogP contribution in [-0.2, 0) is 0 Å². The molecule has 1 N–H and O–H groups in total. The van der Waals surface area contributed by atoms with Crippen molar-refractivity contribution < 1.29 is 0 Å². The number of aromatic amines is 1. The van der Waals surface area contributed by atoms with Crippen LogP contribution < -0.4 is 0 Å². The smallest absolute Gasteiger partial charge is 0.0924 e. The second kappa shape index (κ2) is 5.35. The average Bonchev–Trinajstić information content (AvgIpc) is 3.09. The van der Waals surface area contributed by atoms with Crippen LogP contribution in [-0.4, -0.2) is 19.9 Å². The Kier molecular flexibility index (Phi) is 3.20. The minimum Gasteiger partial charge on any atom is -0.345 e. The van der Waals surface area contributed by atoms with Gasteiger partial charge in [0.05, 0.1) is 41.1 Å². The lowest BCUT2D eigenvalue weighted by Gasteiger charge is -2.04. The summed E-state index contributed by atoms with van der Waals surface area (Å²) in [5, 5.41) is 0. The van der Waals surface area contributed by atoms with Crippen molar-refractivity contribution in [2.45, 2.75) is 0 Å².